The molecule has 1 fully saturated rings. The summed E-state index contributed by atoms with van der Waals surface area (Å²) in [5.41, 5.74) is 1.07. The summed E-state index contributed by atoms with van der Waals surface area (Å²) in [6, 6.07) is 8.64. The Balaban J connectivity index is 1.62. The van der Waals surface area contributed by atoms with Crippen molar-refractivity contribution in [2.75, 3.05) is 13.7 Å². The molecule has 0 bridgehead atoms. The van der Waals surface area contributed by atoms with Crippen LogP contribution >= 0.6 is 0 Å². The van der Waals surface area contributed by atoms with Gasteiger partial charge in [-0.2, -0.15) is 0 Å². The maximum atomic E-state index is 12.4. The predicted octanol–water partition coefficient (Wildman–Crippen LogP) is 2.69. The molecule has 0 spiro atoms. The Morgan fingerprint density at radius 3 is 2.46 bits per heavy atom. The fraction of sp³-hybridized carbons (Fsp3) is 0.381. The molecular weight excluding hydrogens is 362 g/mol. The van der Waals surface area contributed by atoms with Gasteiger partial charge in [0.1, 0.15) is 17.1 Å². The molecule has 1 unspecified atom stereocenters. The highest BCUT2D eigenvalue weighted by molar-refractivity contribution is 5.93. The molecule has 0 saturated heterocycles. The van der Waals surface area contributed by atoms with Gasteiger partial charge >= 0.3 is 11.6 Å². The van der Waals surface area contributed by atoms with Gasteiger partial charge in [0.15, 0.2) is 6.61 Å². The lowest BCUT2D eigenvalue weighted by Gasteiger charge is -2.19. The minimum atomic E-state index is -0.693. The zero-order chi connectivity index (χ0) is 20.3. The standard InChI is InChI=1S/C21H23NO6/c1-12-10-18(24)28-13(2)19(12)21(25)27-11-17(23)22-20(14-4-5-14)15-6-8-16(26-3)9-7-15/h6-10,14,20H,4-5,11H2,1-3H3,(H,22,23). The van der Waals surface area contributed by atoms with E-state index in [2.05, 4.69) is 5.32 Å². The van der Waals surface area contributed by atoms with Crippen LogP contribution in [0, 0.1) is 19.8 Å². The minimum absolute atomic E-state index is 0.129. The Bertz CT molecular complexity index is 901. The Hall–Kier alpha value is -3.09. The number of methoxy groups -OCH3 is 1. The Labute approximate surface area is 162 Å². The lowest BCUT2D eigenvalue weighted by atomic mass is 10.0. The lowest BCUT2D eigenvalue weighted by molar-refractivity contribution is -0.125. The number of hydrogen-bond donors (Lipinski definition) is 1. The highest BCUT2D eigenvalue weighted by Crippen LogP contribution is 2.41. The molecule has 1 heterocycles. The van der Waals surface area contributed by atoms with E-state index in [0.717, 1.165) is 24.2 Å². The SMILES string of the molecule is COc1ccc(C(NC(=O)COC(=O)c2c(C)cc(=O)oc2C)C2CC2)cc1. The van der Waals surface area contributed by atoms with Gasteiger partial charge in [-0.05, 0) is 55.9 Å². The number of carbonyl (C=O) groups excluding carboxylic acids is 2. The van der Waals surface area contributed by atoms with Crippen molar-refractivity contribution in [3.8, 4) is 5.75 Å². The summed E-state index contributed by atoms with van der Waals surface area (Å²) in [6.07, 6.45) is 2.08. The number of carbonyl (C=O) groups is 2. The smallest absolute Gasteiger partial charge is 0.342 e. The van der Waals surface area contributed by atoms with Crippen LogP contribution in [0.2, 0.25) is 0 Å². The molecule has 0 radical (unpaired) electrons. The number of rotatable bonds is 7. The van der Waals surface area contributed by atoms with Crippen LogP contribution in [-0.4, -0.2) is 25.6 Å². The van der Waals surface area contributed by atoms with Crippen molar-refractivity contribution in [3.63, 3.8) is 0 Å². The van der Waals surface area contributed by atoms with Crippen LogP contribution in [0.4, 0.5) is 0 Å². The van der Waals surface area contributed by atoms with Crippen molar-refractivity contribution in [3.05, 3.63) is 63.2 Å². The number of aryl methyl sites for hydroxylation is 2. The van der Waals surface area contributed by atoms with Crippen LogP contribution in [0.1, 0.15) is 46.1 Å². The second-order valence-electron chi connectivity index (χ2n) is 6.91. The number of benzene rings is 1. The summed E-state index contributed by atoms with van der Waals surface area (Å²) >= 11 is 0. The Kier molecular flexibility index (Phi) is 5.82. The van der Waals surface area contributed by atoms with Crippen LogP contribution in [0.5, 0.6) is 5.75 Å². The molecule has 1 aromatic carbocycles. The number of nitrogens with one attached hydrogen (secondary N) is 1. The molecule has 148 valence electrons. The van der Waals surface area contributed by atoms with Crippen LogP contribution < -0.4 is 15.7 Å². The molecule has 1 saturated carbocycles. The van der Waals surface area contributed by atoms with E-state index in [4.69, 9.17) is 13.9 Å². The maximum Gasteiger partial charge on any atom is 0.342 e. The van der Waals surface area contributed by atoms with Gasteiger partial charge < -0.3 is 19.2 Å². The van der Waals surface area contributed by atoms with E-state index >= 15 is 0 Å². The molecule has 1 N–H and O–H groups in total. The van der Waals surface area contributed by atoms with Crippen molar-refractivity contribution in [2.24, 2.45) is 5.92 Å². The van der Waals surface area contributed by atoms with Gasteiger partial charge in [0.05, 0.1) is 13.2 Å². The lowest BCUT2D eigenvalue weighted by Crippen LogP contribution is -2.33. The molecule has 0 aliphatic heterocycles. The van der Waals surface area contributed by atoms with Gasteiger partial charge in [-0.3, -0.25) is 4.79 Å². The maximum absolute atomic E-state index is 12.4. The van der Waals surface area contributed by atoms with Gasteiger partial charge in [0.25, 0.3) is 5.91 Å². The van der Waals surface area contributed by atoms with Crippen LogP contribution in [0.3, 0.4) is 0 Å². The van der Waals surface area contributed by atoms with E-state index in [0.29, 0.717) is 11.5 Å². The van der Waals surface area contributed by atoms with Crippen LogP contribution in [0.25, 0.3) is 0 Å². The normalized spacial score (nSPS) is 14.2. The third kappa shape index (κ3) is 4.60. The summed E-state index contributed by atoms with van der Waals surface area (Å²) in [5, 5.41) is 2.95. The average Bonchev–Trinajstić information content (AvgIpc) is 3.49. The summed E-state index contributed by atoms with van der Waals surface area (Å²) < 4.78 is 15.2. The van der Waals surface area contributed by atoms with Crippen molar-refractivity contribution in [1.82, 2.24) is 5.32 Å². The van der Waals surface area contributed by atoms with E-state index in [-0.39, 0.29) is 23.3 Å². The fourth-order valence-corrected chi connectivity index (χ4v) is 3.20. The van der Waals surface area contributed by atoms with E-state index in [1.165, 1.54) is 13.0 Å². The van der Waals surface area contributed by atoms with Gasteiger partial charge in [-0.25, -0.2) is 9.59 Å². The third-order valence-electron chi connectivity index (χ3n) is 4.76. The number of amides is 1. The first-order chi connectivity index (χ1) is 13.4. The topological polar surface area (TPSA) is 94.8 Å². The van der Waals surface area contributed by atoms with Crippen molar-refractivity contribution >= 4 is 11.9 Å². The molecule has 28 heavy (non-hydrogen) atoms. The number of esters is 1. The van der Waals surface area contributed by atoms with Gasteiger partial charge in [-0.1, -0.05) is 12.1 Å². The molecule has 1 atom stereocenters. The fourth-order valence-electron chi connectivity index (χ4n) is 3.20. The van der Waals surface area contributed by atoms with Crippen molar-refractivity contribution < 1.29 is 23.5 Å². The van der Waals surface area contributed by atoms with Crippen molar-refractivity contribution in [2.45, 2.75) is 32.7 Å². The van der Waals surface area contributed by atoms with E-state index in [1.807, 2.05) is 24.3 Å². The predicted molar refractivity (Wildman–Crippen MR) is 101 cm³/mol. The minimum Gasteiger partial charge on any atom is -0.497 e. The van der Waals surface area contributed by atoms with Gasteiger partial charge in [0.2, 0.25) is 0 Å². The average molecular weight is 385 g/mol. The Morgan fingerprint density at radius 1 is 1.21 bits per heavy atom. The molecule has 1 aliphatic rings. The first-order valence-corrected chi connectivity index (χ1v) is 9.11. The van der Waals surface area contributed by atoms with E-state index < -0.39 is 18.2 Å². The summed E-state index contributed by atoms with van der Waals surface area (Å²) in [6.45, 7) is 2.72. The first kappa shape index (κ1) is 19.7. The third-order valence-corrected chi connectivity index (χ3v) is 4.76. The summed E-state index contributed by atoms with van der Waals surface area (Å²) in [7, 11) is 1.60. The Morgan fingerprint density at radius 2 is 1.89 bits per heavy atom. The first-order valence-electron chi connectivity index (χ1n) is 9.11. The van der Waals surface area contributed by atoms with Crippen LogP contribution in [0.15, 0.2) is 39.5 Å². The molecule has 3 rings (SSSR count). The molecule has 1 aliphatic carbocycles. The number of hydrogen-bond acceptors (Lipinski definition) is 6. The van der Waals surface area contributed by atoms with Crippen molar-refractivity contribution in [1.29, 1.82) is 0 Å². The second kappa shape index (κ2) is 8.29. The zero-order valence-electron chi connectivity index (χ0n) is 16.1. The second-order valence-corrected chi connectivity index (χ2v) is 6.91. The van der Waals surface area contributed by atoms with E-state index in [1.54, 1.807) is 14.0 Å². The highest BCUT2D eigenvalue weighted by Gasteiger charge is 2.33. The highest BCUT2D eigenvalue weighted by atomic mass is 16.5. The van der Waals surface area contributed by atoms with E-state index in [9.17, 15) is 14.4 Å². The van der Waals surface area contributed by atoms with Gasteiger partial charge in [0, 0.05) is 6.07 Å². The molecule has 1 amide bonds. The molecular formula is C21H23NO6. The molecule has 7 heteroatoms. The largest absolute Gasteiger partial charge is 0.497 e. The quantitative estimate of drug-likeness (QED) is 0.737. The molecule has 2 aromatic rings. The summed E-state index contributed by atoms with van der Waals surface area (Å²) in [5.74, 6) is 0.222. The monoisotopic (exact) mass is 385 g/mol. The zero-order valence-corrected chi connectivity index (χ0v) is 16.1. The van der Waals surface area contributed by atoms with Crippen LogP contribution in [-0.2, 0) is 9.53 Å². The molecule has 1 aromatic heterocycles. The summed E-state index contributed by atoms with van der Waals surface area (Å²) in [4.78, 5) is 36.0. The number of ether oxygens (including phenoxy) is 2. The van der Waals surface area contributed by atoms with Gasteiger partial charge in [-0.15, -0.1) is 0 Å². The molecule has 7 nitrogen and oxygen atoms in total.